The number of H-pyrrole nitrogens is 1. The molecule has 2 aromatic heterocycles. The van der Waals surface area contributed by atoms with Crippen molar-refractivity contribution in [2.45, 2.75) is 26.9 Å². The van der Waals surface area contributed by atoms with Crippen LogP contribution in [0.4, 0.5) is 11.5 Å². The van der Waals surface area contributed by atoms with E-state index in [0.717, 1.165) is 5.69 Å². The Balaban J connectivity index is 2.31. The lowest BCUT2D eigenvalue weighted by Crippen LogP contribution is -2.35. The van der Waals surface area contributed by atoms with Crippen LogP contribution in [0, 0.1) is 5.92 Å². The lowest BCUT2D eigenvalue weighted by Gasteiger charge is -2.15. The number of rotatable bonds is 5. The topological polar surface area (TPSA) is 106 Å². The minimum Gasteiger partial charge on any atom is -0.383 e. The van der Waals surface area contributed by atoms with Crippen LogP contribution in [0.25, 0.3) is 0 Å². The van der Waals surface area contributed by atoms with Crippen LogP contribution in [-0.2, 0) is 13.1 Å². The number of nitrogens with two attached hydrogens (primary N) is 1. The Hall–Kier alpha value is -2.57. The van der Waals surface area contributed by atoms with Crippen LogP contribution < -0.4 is 22.3 Å². The average Bonchev–Trinajstić information content (AvgIpc) is 2.44. The molecule has 0 spiro atoms. The number of nitrogen functional groups attached to an aromatic ring is 1. The summed E-state index contributed by atoms with van der Waals surface area (Å²) in [6, 6.07) is 5.51. The summed E-state index contributed by atoms with van der Waals surface area (Å²) in [5.41, 5.74) is 5.92. The van der Waals surface area contributed by atoms with Gasteiger partial charge in [0.2, 0.25) is 0 Å². The summed E-state index contributed by atoms with van der Waals surface area (Å²) < 4.78 is 1.37. The van der Waals surface area contributed by atoms with Crippen molar-refractivity contribution in [2.75, 3.05) is 11.1 Å². The van der Waals surface area contributed by atoms with E-state index >= 15 is 0 Å². The summed E-state index contributed by atoms with van der Waals surface area (Å²) in [5, 5.41) is 2.95. The number of aromatic nitrogens is 3. The van der Waals surface area contributed by atoms with Gasteiger partial charge in [-0.2, -0.15) is 0 Å². The lowest BCUT2D eigenvalue weighted by atomic mass is 10.2. The van der Waals surface area contributed by atoms with Gasteiger partial charge in [-0.15, -0.1) is 0 Å². The van der Waals surface area contributed by atoms with Crippen molar-refractivity contribution in [1.29, 1.82) is 0 Å². The Morgan fingerprint density at radius 2 is 2.14 bits per heavy atom. The Labute approximate surface area is 121 Å². The van der Waals surface area contributed by atoms with Crippen molar-refractivity contribution in [3.05, 3.63) is 50.9 Å². The van der Waals surface area contributed by atoms with Crippen molar-refractivity contribution in [2.24, 2.45) is 5.92 Å². The average molecular weight is 289 g/mol. The van der Waals surface area contributed by atoms with Gasteiger partial charge in [0.05, 0.1) is 12.2 Å². The summed E-state index contributed by atoms with van der Waals surface area (Å²) >= 11 is 0. The zero-order chi connectivity index (χ0) is 15.4. The van der Waals surface area contributed by atoms with E-state index in [1.165, 1.54) is 4.57 Å². The van der Waals surface area contributed by atoms with Crippen molar-refractivity contribution in [3.63, 3.8) is 0 Å². The molecule has 7 heteroatoms. The number of nitrogens with zero attached hydrogens (tertiary/aromatic N) is 2. The quantitative estimate of drug-likeness (QED) is 0.754. The number of hydrogen-bond donors (Lipinski definition) is 3. The minimum absolute atomic E-state index is 0.147. The third-order valence-corrected chi connectivity index (χ3v) is 2.96. The number of nitrogens with one attached hydrogen (secondary N) is 2. The van der Waals surface area contributed by atoms with E-state index in [1.807, 2.05) is 32.0 Å². The van der Waals surface area contributed by atoms with Crippen LogP contribution in [-0.4, -0.2) is 14.5 Å². The molecule has 2 heterocycles. The molecule has 112 valence electrons. The van der Waals surface area contributed by atoms with Gasteiger partial charge in [0.1, 0.15) is 11.5 Å². The molecule has 0 saturated carbocycles. The molecule has 0 aliphatic heterocycles. The molecule has 4 N–H and O–H groups in total. The van der Waals surface area contributed by atoms with Crippen LogP contribution in [0.1, 0.15) is 19.5 Å². The Morgan fingerprint density at radius 3 is 2.76 bits per heavy atom. The van der Waals surface area contributed by atoms with Gasteiger partial charge in [-0.3, -0.25) is 19.3 Å². The highest BCUT2D eigenvalue weighted by Crippen LogP contribution is 2.12. The van der Waals surface area contributed by atoms with E-state index in [1.54, 1.807) is 6.20 Å². The van der Waals surface area contributed by atoms with Gasteiger partial charge in [0.25, 0.3) is 5.56 Å². The van der Waals surface area contributed by atoms with Gasteiger partial charge in [0.15, 0.2) is 0 Å². The highest BCUT2D eigenvalue weighted by Gasteiger charge is 2.13. The fourth-order valence-corrected chi connectivity index (χ4v) is 1.99. The smallest absolute Gasteiger partial charge is 0.330 e. The maximum Gasteiger partial charge on any atom is 0.330 e. The maximum absolute atomic E-state index is 11.9. The van der Waals surface area contributed by atoms with Crippen LogP contribution in [0.3, 0.4) is 0 Å². The van der Waals surface area contributed by atoms with E-state index < -0.39 is 11.2 Å². The first kappa shape index (κ1) is 14.8. The minimum atomic E-state index is -0.520. The molecular formula is C14H19N5O2. The fraction of sp³-hybridized carbons (Fsp3) is 0.357. The molecule has 0 atom stereocenters. The lowest BCUT2D eigenvalue weighted by molar-refractivity contribution is 0.508. The molecule has 0 fully saturated rings. The van der Waals surface area contributed by atoms with Gasteiger partial charge < -0.3 is 11.1 Å². The molecule has 21 heavy (non-hydrogen) atoms. The summed E-state index contributed by atoms with van der Waals surface area (Å²) in [6.45, 7) is 4.74. The van der Waals surface area contributed by atoms with Crippen LogP contribution in [0.2, 0.25) is 0 Å². The van der Waals surface area contributed by atoms with E-state index in [0.29, 0.717) is 13.1 Å². The summed E-state index contributed by atoms with van der Waals surface area (Å²) in [7, 11) is 0. The molecule has 0 saturated heterocycles. The monoisotopic (exact) mass is 289 g/mol. The van der Waals surface area contributed by atoms with Crippen molar-refractivity contribution >= 4 is 11.5 Å². The standard InChI is InChI=1S/C14H19N5O2/c1-9(2)8-19-12(15)11(13(20)18-14(19)21)17-7-10-5-3-4-6-16-10/h3-6,9,17H,7-8,15H2,1-2H3,(H,18,20,21). The highest BCUT2D eigenvalue weighted by atomic mass is 16.2. The van der Waals surface area contributed by atoms with Gasteiger partial charge in [-0.25, -0.2) is 4.79 Å². The largest absolute Gasteiger partial charge is 0.383 e. The van der Waals surface area contributed by atoms with Gasteiger partial charge in [-0.05, 0) is 18.1 Å². The molecule has 2 rings (SSSR count). The summed E-state index contributed by atoms with van der Waals surface area (Å²) in [6.07, 6.45) is 1.67. The predicted molar refractivity (Wildman–Crippen MR) is 82.1 cm³/mol. The Kier molecular flexibility index (Phi) is 4.42. The fourth-order valence-electron chi connectivity index (χ4n) is 1.99. The first-order valence-electron chi connectivity index (χ1n) is 6.75. The molecule has 2 aromatic rings. The summed E-state index contributed by atoms with van der Waals surface area (Å²) in [5.74, 6) is 0.382. The highest BCUT2D eigenvalue weighted by molar-refractivity contribution is 5.60. The molecule has 0 aliphatic carbocycles. The van der Waals surface area contributed by atoms with Crippen molar-refractivity contribution in [1.82, 2.24) is 14.5 Å². The van der Waals surface area contributed by atoms with Gasteiger partial charge >= 0.3 is 5.69 Å². The second-order valence-electron chi connectivity index (χ2n) is 5.20. The second kappa shape index (κ2) is 6.25. The van der Waals surface area contributed by atoms with Crippen molar-refractivity contribution in [3.8, 4) is 0 Å². The molecule has 7 nitrogen and oxygen atoms in total. The molecular weight excluding hydrogens is 270 g/mol. The number of anilines is 2. The molecule has 0 radical (unpaired) electrons. The first-order chi connectivity index (χ1) is 9.99. The molecule has 0 unspecified atom stereocenters. The van der Waals surface area contributed by atoms with E-state index in [2.05, 4.69) is 15.3 Å². The van der Waals surface area contributed by atoms with Crippen LogP contribution >= 0.6 is 0 Å². The van der Waals surface area contributed by atoms with Crippen molar-refractivity contribution < 1.29 is 0 Å². The predicted octanol–water partition coefficient (Wildman–Crippen LogP) is 0.782. The number of pyridine rings is 1. The Morgan fingerprint density at radius 1 is 1.38 bits per heavy atom. The molecule has 0 aliphatic rings. The molecule has 0 bridgehead atoms. The first-order valence-corrected chi connectivity index (χ1v) is 6.75. The Bertz CT molecular complexity index is 718. The molecule has 0 aromatic carbocycles. The maximum atomic E-state index is 11.9. The summed E-state index contributed by atoms with van der Waals surface area (Å²) in [4.78, 5) is 30.1. The molecule has 0 amide bonds. The number of aromatic amines is 1. The SMILES string of the molecule is CC(C)Cn1c(N)c(NCc2ccccn2)c(=O)[nH]c1=O. The van der Waals surface area contributed by atoms with Gasteiger partial charge in [0, 0.05) is 12.7 Å². The van der Waals surface area contributed by atoms with Gasteiger partial charge in [-0.1, -0.05) is 19.9 Å². The van der Waals surface area contributed by atoms with Crippen LogP contribution in [0.5, 0.6) is 0 Å². The zero-order valence-corrected chi connectivity index (χ0v) is 12.1. The second-order valence-corrected chi connectivity index (χ2v) is 5.20. The third kappa shape index (κ3) is 3.50. The van der Waals surface area contributed by atoms with Crippen LogP contribution in [0.15, 0.2) is 34.0 Å². The van der Waals surface area contributed by atoms with E-state index in [9.17, 15) is 9.59 Å². The number of hydrogen-bond acceptors (Lipinski definition) is 5. The normalized spacial score (nSPS) is 10.8. The third-order valence-electron chi connectivity index (χ3n) is 2.96. The van der Waals surface area contributed by atoms with E-state index in [4.69, 9.17) is 5.73 Å². The van der Waals surface area contributed by atoms with E-state index in [-0.39, 0.29) is 17.4 Å². The zero-order valence-electron chi connectivity index (χ0n) is 12.1.